The number of allylic oxidation sites excluding steroid dienone is 4. The van der Waals surface area contributed by atoms with Gasteiger partial charge in [-0.15, -0.1) is 0 Å². The van der Waals surface area contributed by atoms with E-state index in [4.69, 9.17) is 0 Å². The van der Waals surface area contributed by atoms with Gasteiger partial charge < -0.3 is 0 Å². The molecule has 0 spiro atoms. The molecule has 1 aromatic rings. The average molecular weight is 303 g/mol. The molecule has 0 saturated carbocycles. The third-order valence-corrected chi connectivity index (χ3v) is 8.00. The van der Waals surface area contributed by atoms with E-state index in [1.54, 1.807) is 10.4 Å². The normalized spacial score (nSPS) is 11.4. The molecule has 1 rings (SSSR count). The predicted octanol–water partition coefficient (Wildman–Crippen LogP) is 2.82. The fraction of sp³-hybridized carbons (Fsp3) is 0.444. The molecule has 2 heteroatoms. The first-order chi connectivity index (χ1) is 9.59. The molecule has 110 valence electrons. The summed E-state index contributed by atoms with van der Waals surface area (Å²) in [5.74, 6) is 0. The summed E-state index contributed by atoms with van der Waals surface area (Å²) < 4.78 is 0. The lowest BCUT2D eigenvalue weighted by Crippen LogP contribution is -2.35. The van der Waals surface area contributed by atoms with Crippen molar-refractivity contribution in [2.45, 2.75) is 52.6 Å². The SMILES string of the molecule is CC(C)=CCC[SiH2]c1ccccc1[SiH2]CCC=C(C)C. The maximum absolute atomic E-state index is 2.40. The van der Waals surface area contributed by atoms with Gasteiger partial charge in [0.05, 0.1) is 19.0 Å². The van der Waals surface area contributed by atoms with E-state index in [2.05, 4.69) is 64.1 Å². The predicted molar refractivity (Wildman–Crippen MR) is 101 cm³/mol. The molecule has 0 N–H and O–H groups in total. The number of hydrogen-bond donors (Lipinski definition) is 0. The topological polar surface area (TPSA) is 0 Å². The summed E-state index contributed by atoms with van der Waals surface area (Å²) in [6.07, 6.45) is 7.34. The van der Waals surface area contributed by atoms with Gasteiger partial charge in [-0.25, -0.2) is 0 Å². The highest BCUT2D eigenvalue weighted by molar-refractivity contribution is 6.66. The molecule has 0 aliphatic heterocycles. The Kier molecular flexibility index (Phi) is 8.55. The first kappa shape index (κ1) is 17.2. The molecule has 0 aliphatic rings. The number of rotatable bonds is 8. The highest BCUT2D eigenvalue weighted by Crippen LogP contribution is 1.99. The van der Waals surface area contributed by atoms with Crippen molar-refractivity contribution in [3.8, 4) is 0 Å². The Balaban J connectivity index is 2.46. The summed E-state index contributed by atoms with van der Waals surface area (Å²) in [5, 5.41) is 3.50. The van der Waals surface area contributed by atoms with Gasteiger partial charge in [-0.05, 0) is 40.5 Å². The molecule has 0 unspecified atom stereocenters. The van der Waals surface area contributed by atoms with Gasteiger partial charge in [0.25, 0.3) is 0 Å². The summed E-state index contributed by atoms with van der Waals surface area (Å²) in [5.41, 5.74) is 2.92. The second kappa shape index (κ2) is 9.95. The molecule has 1 aromatic carbocycles. The standard InChI is InChI=1S/C18H30Si2/c1-15(2)9-7-13-19-17-11-5-6-12-18(17)20-14-8-10-16(3)4/h5-6,9-12H,7-8,13-14,19-20H2,1-4H3. The van der Waals surface area contributed by atoms with E-state index in [-0.39, 0.29) is 19.0 Å². The summed E-state index contributed by atoms with van der Waals surface area (Å²) in [7, 11) is -0.117. The second-order valence-corrected chi connectivity index (χ2v) is 10.1. The van der Waals surface area contributed by atoms with Gasteiger partial charge in [0.1, 0.15) is 0 Å². The van der Waals surface area contributed by atoms with Crippen molar-refractivity contribution in [1.29, 1.82) is 0 Å². The third kappa shape index (κ3) is 7.66. The summed E-state index contributed by atoms with van der Waals surface area (Å²) in [6.45, 7) is 8.80. The van der Waals surface area contributed by atoms with Gasteiger partial charge in [0.2, 0.25) is 0 Å². The Labute approximate surface area is 130 Å². The summed E-state index contributed by atoms with van der Waals surface area (Å²) in [4.78, 5) is 0. The minimum absolute atomic E-state index is 0.0585. The van der Waals surface area contributed by atoms with E-state index in [9.17, 15) is 0 Å². The van der Waals surface area contributed by atoms with Crippen molar-refractivity contribution in [2.24, 2.45) is 0 Å². The summed E-state index contributed by atoms with van der Waals surface area (Å²) in [6, 6.07) is 12.1. The Morgan fingerprint density at radius 1 is 0.800 bits per heavy atom. The zero-order chi connectivity index (χ0) is 14.8. The third-order valence-electron chi connectivity index (χ3n) is 3.52. The van der Waals surface area contributed by atoms with Crippen molar-refractivity contribution in [2.75, 3.05) is 0 Å². The molecule has 0 fully saturated rings. The van der Waals surface area contributed by atoms with Crippen LogP contribution in [0.25, 0.3) is 0 Å². The van der Waals surface area contributed by atoms with Crippen molar-refractivity contribution in [1.82, 2.24) is 0 Å². The Hall–Kier alpha value is -0.866. The average Bonchev–Trinajstić information content (AvgIpc) is 2.40. The lowest BCUT2D eigenvalue weighted by molar-refractivity contribution is 1.16. The molecular weight excluding hydrogens is 272 g/mol. The maximum Gasteiger partial charge on any atom is 0.0548 e. The molecule has 0 bridgehead atoms. The molecule has 20 heavy (non-hydrogen) atoms. The van der Waals surface area contributed by atoms with E-state index in [1.165, 1.54) is 36.1 Å². The van der Waals surface area contributed by atoms with Gasteiger partial charge in [0, 0.05) is 0 Å². The van der Waals surface area contributed by atoms with Crippen molar-refractivity contribution >= 4 is 29.4 Å². The van der Waals surface area contributed by atoms with Gasteiger partial charge in [-0.1, -0.05) is 70.0 Å². The Morgan fingerprint density at radius 3 is 1.55 bits per heavy atom. The Bertz CT molecular complexity index is 407. The van der Waals surface area contributed by atoms with E-state index in [1.807, 2.05) is 0 Å². The van der Waals surface area contributed by atoms with E-state index in [0.717, 1.165) is 0 Å². The van der Waals surface area contributed by atoms with Crippen LogP contribution < -0.4 is 10.4 Å². The molecule has 0 aromatic heterocycles. The smallest absolute Gasteiger partial charge is 0.0548 e. The summed E-state index contributed by atoms with van der Waals surface area (Å²) >= 11 is 0. The minimum atomic E-state index is -0.0585. The highest BCUT2D eigenvalue weighted by Gasteiger charge is 2.02. The lowest BCUT2D eigenvalue weighted by atomic mass is 10.3. The van der Waals surface area contributed by atoms with E-state index >= 15 is 0 Å². The van der Waals surface area contributed by atoms with Crippen LogP contribution in [-0.2, 0) is 0 Å². The fourth-order valence-corrected chi connectivity index (χ4v) is 6.53. The number of hydrogen-bond acceptors (Lipinski definition) is 0. The van der Waals surface area contributed by atoms with Crippen LogP contribution in [0, 0.1) is 0 Å². The van der Waals surface area contributed by atoms with E-state index in [0.29, 0.717) is 0 Å². The van der Waals surface area contributed by atoms with Crippen LogP contribution in [0.15, 0.2) is 47.6 Å². The van der Waals surface area contributed by atoms with Crippen LogP contribution in [0.5, 0.6) is 0 Å². The molecule has 0 amide bonds. The van der Waals surface area contributed by atoms with Gasteiger partial charge >= 0.3 is 0 Å². The van der Waals surface area contributed by atoms with E-state index < -0.39 is 0 Å². The van der Waals surface area contributed by atoms with Crippen LogP contribution >= 0.6 is 0 Å². The molecule has 0 radical (unpaired) electrons. The van der Waals surface area contributed by atoms with Crippen LogP contribution in [0.1, 0.15) is 40.5 Å². The second-order valence-electron chi connectivity index (χ2n) is 6.12. The highest BCUT2D eigenvalue weighted by atomic mass is 28.2. The molecule has 0 nitrogen and oxygen atoms in total. The first-order valence-corrected chi connectivity index (χ1v) is 11.3. The number of benzene rings is 1. The van der Waals surface area contributed by atoms with Crippen LogP contribution in [0.2, 0.25) is 12.1 Å². The quantitative estimate of drug-likeness (QED) is 0.393. The zero-order valence-electron chi connectivity index (χ0n) is 13.7. The molecule has 0 heterocycles. The van der Waals surface area contributed by atoms with Crippen molar-refractivity contribution in [3.05, 3.63) is 47.6 Å². The minimum Gasteiger partial charge on any atom is -0.0862 e. The first-order valence-electron chi connectivity index (χ1n) is 7.93. The molecule has 0 atom stereocenters. The monoisotopic (exact) mass is 302 g/mol. The van der Waals surface area contributed by atoms with Crippen LogP contribution in [0.3, 0.4) is 0 Å². The van der Waals surface area contributed by atoms with Crippen LogP contribution in [-0.4, -0.2) is 19.0 Å². The molecule has 0 saturated heterocycles. The van der Waals surface area contributed by atoms with Gasteiger partial charge in [0.15, 0.2) is 0 Å². The van der Waals surface area contributed by atoms with Crippen molar-refractivity contribution in [3.63, 3.8) is 0 Å². The maximum atomic E-state index is 2.40. The Morgan fingerprint density at radius 2 is 1.20 bits per heavy atom. The zero-order valence-corrected chi connectivity index (χ0v) is 16.5. The fourth-order valence-electron chi connectivity index (χ4n) is 2.41. The van der Waals surface area contributed by atoms with Crippen molar-refractivity contribution < 1.29 is 0 Å². The van der Waals surface area contributed by atoms with Gasteiger partial charge in [-0.2, -0.15) is 0 Å². The largest absolute Gasteiger partial charge is 0.0862 e. The molecule has 0 aliphatic carbocycles. The molecular formula is C18H30Si2. The van der Waals surface area contributed by atoms with Gasteiger partial charge in [-0.3, -0.25) is 0 Å². The lowest BCUT2D eigenvalue weighted by Gasteiger charge is -2.08. The van der Waals surface area contributed by atoms with Crippen LogP contribution in [0.4, 0.5) is 0 Å².